The summed E-state index contributed by atoms with van der Waals surface area (Å²) in [6.45, 7) is -0.106. The molecule has 2 rings (SSSR count). The number of hydrogen-bond acceptors (Lipinski definition) is 3. The number of carbonyl (C=O) groups excluding carboxylic acids is 2. The van der Waals surface area contributed by atoms with Crippen LogP contribution in [-0.2, 0) is 4.79 Å². The van der Waals surface area contributed by atoms with Gasteiger partial charge in [0.25, 0.3) is 5.91 Å². The molecule has 0 heterocycles. The van der Waals surface area contributed by atoms with Crippen molar-refractivity contribution in [2.24, 2.45) is 5.73 Å². The van der Waals surface area contributed by atoms with Crippen LogP contribution in [0.4, 0.5) is 0 Å². The lowest BCUT2D eigenvalue weighted by Gasteiger charge is -2.28. The molecular weight excluding hydrogens is 327 g/mol. The number of primary amides is 1. The first-order valence-electron chi connectivity index (χ1n) is 7.06. The largest absolute Gasteiger partial charge is 0.494 e. The minimum Gasteiger partial charge on any atom is -0.494 e. The molecule has 0 saturated heterocycles. The molecule has 0 aliphatic heterocycles. The number of ether oxygens (including phenoxy) is 1. The first-order chi connectivity index (χ1) is 10.4. The van der Waals surface area contributed by atoms with Crippen LogP contribution in [0.5, 0.6) is 5.75 Å². The van der Waals surface area contributed by atoms with Crippen LogP contribution in [0.25, 0.3) is 0 Å². The zero-order valence-electron chi connectivity index (χ0n) is 12.3. The molecule has 1 aromatic carbocycles. The van der Waals surface area contributed by atoms with Gasteiger partial charge in [-0.3, -0.25) is 9.59 Å². The highest BCUT2D eigenvalue weighted by atomic mass is 35.5. The number of halogens is 2. The molecule has 0 atom stereocenters. The average Bonchev–Trinajstić information content (AvgIpc) is 2.97. The second-order valence-electron chi connectivity index (χ2n) is 5.31. The zero-order chi connectivity index (χ0) is 16.3. The molecule has 5 nitrogen and oxygen atoms in total. The summed E-state index contributed by atoms with van der Waals surface area (Å²) in [6.07, 6.45) is 3.82. The Labute approximate surface area is 139 Å². The number of amides is 2. The fourth-order valence-corrected chi connectivity index (χ4v) is 3.44. The molecule has 7 heteroatoms. The van der Waals surface area contributed by atoms with E-state index in [1.165, 1.54) is 24.1 Å². The van der Waals surface area contributed by atoms with E-state index in [-0.39, 0.29) is 28.5 Å². The fraction of sp³-hybridized carbons (Fsp3) is 0.467. The van der Waals surface area contributed by atoms with Crippen LogP contribution in [-0.4, -0.2) is 36.4 Å². The second-order valence-corrected chi connectivity index (χ2v) is 6.13. The number of carbonyl (C=O) groups is 2. The fourth-order valence-electron chi connectivity index (χ4n) is 2.79. The summed E-state index contributed by atoms with van der Waals surface area (Å²) >= 11 is 12.2. The van der Waals surface area contributed by atoms with Crippen molar-refractivity contribution in [3.05, 3.63) is 27.7 Å². The smallest absolute Gasteiger partial charge is 0.254 e. The Kier molecular flexibility index (Phi) is 5.53. The van der Waals surface area contributed by atoms with Crippen LogP contribution < -0.4 is 10.5 Å². The minimum absolute atomic E-state index is 0.0275. The Morgan fingerprint density at radius 3 is 2.27 bits per heavy atom. The van der Waals surface area contributed by atoms with Crippen molar-refractivity contribution < 1.29 is 14.3 Å². The van der Waals surface area contributed by atoms with Gasteiger partial charge in [-0.2, -0.15) is 0 Å². The summed E-state index contributed by atoms with van der Waals surface area (Å²) in [5.41, 5.74) is 5.60. The first-order valence-corrected chi connectivity index (χ1v) is 7.82. The standard InChI is InChI=1S/C15H18Cl2N2O3/c1-22-14-11(16)6-9(7-12(14)17)15(21)19(8-13(18)20)10-4-2-3-5-10/h6-7,10H,2-5,8H2,1H3,(H2,18,20). The highest BCUT2D eigenvalue weighted by Crippen LogP contribution is 2.34. The van der Waals surface area contributed by atoms with Gasteiger partial charge in [-0.15, -0.1) is 0 Å². The van der Waals surface area contributed by atoms with E-state index in [0.717, 1.165) is 25.7 Å². The molecule has 2 amide bonds. The number of benzene rings is 1. The van der Waals surface area contributed by atoms with Gasteiger partial charge in [-0.05, 0) is 25.0 Å². The molecule has 0 aromatic heterocycles. The highest BCUT2D eigenvalue weighted by molar-refractivity contribution is 6.37. The van der Waals surface area contributed by atoms with Crippen LogP contribution in [0, 0.1) is 0 Å². The Balaban J connectivity index is 2.31. The summed E-state index contributed by atoms with van der Waals surface area (Å²) in [4.78, 5) is 25.5. The van der Waals surface area contributed by atoms with Crippen molar-refractivity contribution in [1.29, 1.82) is 0 Å². The second kappa shape index (κ2) is 7.20. The van der Waals surface area contributed by atoms with E-state index in [4.69, 9.17) is 33.7 Å². The van der Waals surface area contributed by atoms with Crippen LogP contribution in [0.1, 0.15) is 36.0 Å². The predicted octanol–water partition coefficient (Wildman–Crippen LogP) is 2.87. The third kappa shape index (κ3) is 3.65. The molecule has 1 saturated carbocycles. The molecule has 0 radical (unpaired) electrons. The van der Waals surface area contributed by atoms with Gasteiger partial charge in [0.1, 0.15) is 0 Å². The number of methoxy groups -OCH3 is 1. The molecule has 1 fully saturated rings. The van der Waals surface area contributed by atoms with Gasteiger partial charge >= 0.3 is 0 Å². The van der Waals surface area contributed by atoms with Gasteiger partial charge in [0.2, 0.25) is 5.91 Å². The maximum Gasteiger partial charge on any atom is 0.254 e. The quantitative estimate of drug-likeness (QED) is 0.892. The van der Waals surface area contributed by atoms with Gasteiger partial charge in [0, 0.05) is 11.6 Å². The van der Waals surface area contributed by atoms with E-state index in [9.17, 15) is 9.59 Å². The summed E-state index contributed by atoms with van der Waals surface area (Å²) in [7, 11) is 1.45. The number of rotatable bonds is 5. The normalized spacial score (nSPS) is 14.9. The summed E-state index contributed by atoms with van der Waals surface area (Å²) in [5.74, 6) is -0.509. The van der Waals surface area contributed by atoms with Crippen molar-refractivity contribution in [2.75, 3.05) is 13.7 Å². The Bertz CT molecular complexity index is 563. The molecule has 0 spiro atoms. The third-order valence-corrected chi connectivity index (χ3v) is 4.36. The van der Waals surface area contributed by atoms with Crippen molar-refractivity contribution in [3.63, 3.8) is 0 Å². The molecule has 1 aliphatic rings. The molecule has 22 heavy (non-hydrogen) atoms. The molecule has 1 aliphatic carbocycles. The van der Waals surface area contributed by atoms with Crippen molar-refractivity contribution in [2.45, 2.75) is 31.7 Å². The Morgan fingerprint density at radius 1 is 1.27 bits per heavy atom. The lowest BCUT2D eigenvalue weighted by molar-refractivity contribution is -0.119. The number of hydrogen-bond donors (Lipinski definition) is 1. The maximum absolute atomic E-state index is 12.7. The molecule has 0 unspecified atom stereocenters. The number of nitrogens with zero attached hydrogens (tertiary/aromatic N) is 1. The first kappa shape index (κ1) is 16.9. The minimum atomic E-state index is -0.536. The van der Waals surface area contributed by atoms with Gasteiger partial charge in [-0.1, -0.05) is 36.0 Å². The molecule has 1 aromatic rings. The lowest BCUT2D eigenvalue weighted by atomic mass is 10.1. The monoisotopic (exact) mass is 344 g/mol. The highest BCUT2D eigenvalue weighted by Gasteiger charge is 2.29. The van der Waals surface area contributed by atoms with Gasteiger partial charge < -0.3 is 15.4 Å². The van der Waals surface area contributed by atoms with Crippen LogP contribution in [0.2, 0.25) is 10.0 Å². The average molecular weight is 345 g/mol. The van der Waals surface area contributed by atoms with E-state index >= 15 is 0 Å². The van der Waals surface area contributed by atoms with E-state index < -0.39 is 5.91 Å². The lowest BCUT2D eigenvalue weighted by Crippen LogP contribution is -2.44. The SMILES string of the molecule is COc1c(Cl)cc(C(=O)N(CC(N)=O)C2CCCC2)cc1Cl. The van der Waals surface area contributed by atoms with Crippen LogP contribution in [0.3, 0.4) is 0 Å². The molecule has 120 valence electrons. The maximum atomic E-state index is 12.7. The Morgan fingerprint density at radius 2 is 1.82 bits per heavy atom. The van der Waals surface area contributed by atoms with Gasteiger partial charge in [-0.25, -0.2) is 0 Å². The van der Waals surface area contributed by atoms with E-state index in [0.29, 0.717) is 11.3 Å². The topological polar surface area (TPSA) is 72.6 Å². The third-order valence-electron chi connectivity index (χ3n) is 3.80. The van der Waals surface area contributed by atoms with Crippen LogP contribution in [0.15, 0.2) is 12.1 Å². The zero-order valence-corrected chi connectivity index (χ0v) is 13.8. The van der Waals surface area contributed by atoms with Crippen molar-refractivity contribution >= 4 is 35.0 Å². The molecule has 2 N–H and O–H groups in total. The van der Waals surface area contributed by atoms with Gasteiger partial charge in [0.05, 0.1) is 23.7 Å². The van der Waals surface area contributed by atoms with Crippen molar-refractivity contribution in [3.8, 4) is 5.75 Å². The van der Waals surface area contributed by atoms with Crippen molar-refractivity contribution in [1.82, 2.24) is 4.90 Å². The van der Waals surface area contributed by atoms with Gasteiger partial charge in [0.15, 0.2) is 5.75 Å². The Hall–Kier alpha value is -1.46. The van der Waals surface area contributed by atoms with E-state index in [1.54, 1.807) is 0 Å². The van der Waals surface area contributed by atoms with Crippen LogP contribution >= 0.6 is 23.2 Å². The van der Waals surface area contributed by atoms with E-state index in [1.807, 2.05) is 0 Å². The number of nitrogens with two attached hydrogens (primary N) is 1. The van der Waals surface area contributed by atoms with E-state index in [2.05, 4.69) is 0 Å². The molecular formula is C15H18Cl2N2O3. The summed E-state index contributed by atoms with van der Waals surface area (Å²) in [5, 5.41) is 0.507. The summed E-state index contributed by atoms with van der Waals surface area (Å²) in [6, 6.07) is 3.02. The predicted molar refractivity (Wildman–Crippen MR) is 85.5 cm³/mol. The molecule has 0 bridgehead atoms. The summed E-state index contributed by atoms with van der Waals surface area (Å²) < 4.78 is 5.07.